The van der Waals surface area contributed by atoms with Gasteiger partial charge in [-0.1, -0.05) is 13.8 Å². The Hall–Kier alpha value is -0.610. The minimum absolute atomic E-state index is 0.211. The number of hydrogen-bond donors (Lipinski definition) is 1. The smallest absolute Gasteiger partial charge is 0.236 e. The molecule has 1 atom stereocenters. The van der Waals surface area contributed by atoms with Gasteiger partial charge in [-0.15, -0.1) is 0 Å². The van der Waals surface area contributed by atoms with E-state index in [1.807, 2.05) is 4.90 Å². The number of β-amino-alcohol motifs (C(OH)–C–C–N with tert-alkyl or cyclic N) is 1. The van der Waals surface area contributed by atoms with Crippen molar-refractivity contribution in [2.24, 2.45) is 0 Å². The van der Waals surface area contributed by atoms with Crippen LogP contribution in [-0.4, -0.2) is 59.6 Å². The summed E-state index contributed by atoms with van der Waals surface area (Å²) in [6.07, 6.45) is 3.64. The van der Waals surface area contributed by atoms with Crippen molar-refractivity contribution in [3.8, 4) is 0 Å². The summed E-state index contributed by atoms with van der Waals surface area (Å²) in [5.41, 5.74) is 0. The van der Waals surface area contributed by atoms with E-state index in [1.165, 1.54) is 0 Å². The average molecular weight is 242 g/mol. The first kappa shape index (κ1) is 14.5. The van der Waals surface area contributed by atoms with Gasteiger partial charge in [0.25, 0.3) is 0 Å². The number of nitrogens with zero attached hydrogens (tertiary/aromatic N) is 2. The quantitative estimate of drug-likeness (QED) is 0.758. The van der Waals surface area contributed by atoms with Gasteiger partial charge in [0.05, 0.1) is 12.6 Å². The number of aliphatic hydroxyl groups is 1. The van der Waals surface area contributed by atoms with Crippen LogP contribution in [-0.2, 0) is 4.79 Å². The number of rotatable bonds is 6. The van der Waals surface area contributed by atoms with E-state index in [1.54, 1.807) is 0 Å². The second kappa shape index (κ2) is 7.67. The van der Waals surface area contributed by atoms with Crippen molar-refractivity contribution in [3.63, 3.8) is 0 Å². The molecule has 0 aromatic heterocycles. The molecule has 0 unspecified atom stereocenters. The molecule has 1 aliphatic rings. The normalized spacial score (nSPS) is 21.5. The number of hydrogen-bond acceptors (Lipinski definition) is 3. The third-order valence-electron chi connectivity index (χ3n) is 3.18. The first-order valence-electron chi connectivity index (χ1n) is 6.85. The van der Waals surface area contributed by atoms with Gasteiger partial charge in [0.15, 0.2) is 0 Å². The van der Waals surface area contributed by atoms with E-state index in [4.69, 9.17) is 0 Å². The molecular weight excluding hydrogens is 216 g/mol. The standard InChI is InChI=1S/C13H26N2O2/c1-3-7-15(8-4-2)13(17)11-14-9-5-6-12(16)10-14/h12,16H,3-11H2,1-2H3/t12-/m1/s1. The molecular formula is C13H26N2O2. The number of likely N-dealkylation sites (tertiary alicyclic amines) is 1. The molecule has 0 bridgehead atoms. The molecule has 4 nitrogen and oxygen atoms in total. The van der Waals surface area contributed by atoms with Crippen LogP contribution >= 0.6 is 0 Å². The highest BCUT2D eigenvalue weighted by Gasteiger charge is 2.21. The Morgan fingerprint density at radius 1 is 1.35 bits per heavy atom. The SMILES string of the molecule is CCCN(CCC)C(=O)CN1CCC[C@@H](O)C1. The molecule has 0 spiro atoms. The summed E-state index contributed by atoms with van der Waals surface area (Å²) >= 11 is 0. The Labute approximate surface area is 105 Å². The molecule has 4 heteroatoms. The molecule has 0 aromatic carbocycles. The fourth-order valence-electron chi connectivity index (χ4n) is 2.37. The maximum Gasteiger partial charge on any atom is 0.236 e. The summed E-state index contributed by atoms with van der Waals surface area (Å²) in [5.74, 6) is 0.211. The molecule has 1 heterocycles. The Morgan fingerprint density at radius 3 is 2.53 bits per heavy atom. The van der Waals surface area contributed by atoms with E-state index >= 15 is 0 Å². The summed E-state index contributed by atoms with van der Waals surface area (Å²) in [4.78, 5) is 16.1. The molecule has 0 aromatic rings. The lowest BCUT2D eigenvalue weighted by atomic mass is 10.1. The number of amides is 1. The fraction of sp³-hybridized carbons (Fsp3) is 0.923. The van der Waals surface area contributed by atoms with Crippen LogP contribution < -0.4 is 0 Å². The molecule has 0 saturated carbocycles. The van der Waals surface area contributed by atoms with Gasteiger partial charge in [0, 0.05) is 19.6 Å². The maximum absolute atomic E-state index is 12.1. The van der Waals surface area contributed by atoms with E-state index in [2.05, 4.69) is 18.7 Å². The first-order valence-corrected chi connectivity index (χ1v) is 6.85. The van der Waals surface area contributed by atoms with E-state index in [9.17, 15) is 9.90 Å². The van der Waals surface area contributed by atoms with Gasteiger partial charge in [0.1, 0.15) is 0 Å². The Morgan fingerprint density at radius 2 is 2.00 bits per heavy atom. The Balaban J connectivity index is 2.39. The summed E-state index contributed by atoms with van der Waals surface area (Å²) in [6, 6.07) is 0. The zero-order valence-electron chi connectivity index (χ0n) is 11.2. The van der Waals surface area contributed by atoms with Crippen molar-refractivity contribution >= 4 is 5.91 Å². The van der Waals surface area contributed by atoms with Gasteiger partial charge >= 0.3 is 0 Å². The topological polar surface area (TPSA) is 43.8 Å². The monoisotopic (exact) mass is 242 g/mol. The molecule has 17 heavy (non-hydrogen) atoms. The first-order chi connectivity index (χ1) is 8.17. The fourth-order valence-corrected chi connectivity index (χ4v) is 2.37. The third-order valence-corrected chi connectivity index (χ3v) is 3.18. The molecule has 0 radical (unpaired) electrons. The molecule has 1 aliphatic heterocycles. The largest absolute Gasteiger partial charge is 0.392 e. The average Bonchev–Trinajstić information content (AvgIpc) is 2.28. The zero-order chi connectivity index (χ0) is 12.7. The van der Waals surface area contributed by atoms with Crippen LogP contribution in [0.4, 0.5) is 0 Å². The summed E-state index contributed by atoms with van der Waals surface area (Å²) in [5, 5.41) is 9.57. The van der Waals surface area contributed by atoms with Gasteiger partial charge in [0.2, 0.25) is 5.91 Å². The molecule has 100 valence electrons. The molecule has 1 fully saturated rings. The molecule has 1 amide bonds. The number of carbonyl (C=O) groups is 1. The summed E-state index contributed by atoms with van der Waals surface area (Å²) in [7, 11) is 0. The van der Waals surface area contributed by atoms with Gasteiger partial charge < -0.3 is 10.0 Å². The van der Waals surface area contributed by atoms with Gasteiger partial charge in [-0.2, -0.15) is 0 Å². The highest BCUT2D eigenvalue weighted by Crippen LogP contribution is 2.10. The van der Waals surface area contributed by atoms with Gasteiger partial charge in [-0.05, 0) is 32.2 Å². The van der Waals surface area contributed by atoms with Crippen molar-refractivity contribution in [1.82, 2.24) is 9.80 Å². The van der Waals surface area contributed by atoms with Crippen LogP contribution in [0.5, 0.6) is 0 Å². The highest BCUT2D eigenvalue weighted by molar-refractivity contribution is 5.78. The van der Waals surface area contributed by atoms with Crippen molar-refractivity contribution in [2.45, 2.75) is 45.6 Å². The zero-order valence-corrected chi connectivity index (χ0v) is 11.2. The van der Waals surface area contributed by atoms with Crippen molar-refractivity contribution < 1.29 is 9.90 Å². The molecule has 0 aliphatic carbocycles. The maximum atomic E-state index is 12.1. The van der Waals surface area contributed by atoms with E-state index < -0.39 is 0 Å². The second-order valence-corrected chi connectivity index (χ2v) is 4.91. The van der Waals surface area contributed by atoms with E-state index in [0.29, 0.717) is 13.1 Å². The summed E-state index contributed by atoms with van der Waals surface area (Å²) < 4.78 is 0. The van der Waals surface area contributed by atoms with Gasteiger partial charge in [-0.25, -0.2) is 0 Å². The van der Waals surface area contributed by atoms with E-state index in [-0.39, 0.29) is 12.0 Å². The lowest BCUT2D eigenvalue weighted by molar-refractivity contribution is -0.133. The third kappa shape index (κ3) is 5.04. The minimum atomic E-state index is -0.248. The van der Waals surface area contributed by atoms with Crippen LogP contribution in [0, 0.1) is 0 Å². The van der Waals surface area contributed by atoms with Crippen LogP contribution in [0.25, 0.3) is 0 Å². The number of carbonyl (C=O) groups excluding carboxylic acids is 1. The molecule has 1 N–H and O–H groups in total. The predicted octanol–water partition coefficient (Wildman–Crippen LogP) is 1.09. The summed E-state index contributed by atoms with van der Waals surface area (Å²) in [6.45, 7) is 7.96. The van der Waals surface area contributed by atoms with Crippen LogP contribution in [0.1, 0.15) is 39.5 Å². The van der Waals surface area contributed by atoms with Crippen molar-refractivity contribution in [1.29, 1.82) is 0 Å². The number of aliphatic hydroxyl groups excluding tert-OH is 1. The Bertz CT molecular complexity index is 227. The highest BCUT2D eigenvalue weighted by atomic mass is 16.3. The lowest BCUT2D eigenvalue weighted by Gasteiger charge is -2.31. The van der Waals surface area contributed by atoms with Crippen molar-refractivity contribution in [3.05, 3.63) is 0 Å². The molecule has 1 saturated heterocycles. The lowest BCUT2D eigenvalue weighted by Crippen LogP contribution is -2.46. The second-order valence-electron chi connectivity index (χ2n) is 4.91. The van der Waals surface area contributed by atoms with Gasteiger partial charge in [-0.3, -0.25) is 9.69 Å². The molecule has 1 rings (SSSR count). The number of piperidine rings is 1. The van der Waals surface area contributed by atoms with Crippen molar-refractivity contribution in [2.75, 3.05) is 32.7 Å². The predicted molar refractivity (Wildman–Crippen MR) is 68.8 cm³/mol. The van der Waals surface area contributed by atoms with Crippen LogP contribution in [0.15, 0.2) is 0 Å². The van der Waals surface area contributed by atoms with Crippen LogP contribution in [0.2, 0.25) is 0 Å². The Kier molecular flexibility index (Phi) is 6.52. The van der Waals surface area contributed by atoms with E-state index in [0.717, 1.165) is 45.3 Å². The minimum Gasteiger partial charge on any atom is -0.392 e. The van der Waals surface area contributed by atoms with Crippen LogP contribution in [0.3, 0.4) is 0 Å².